The summed E-state index contributed by atoms with van der Waals surface area (Å²) in [6, 6.07) is 0.250. The molecule has 2 aliphatic heterocycles. The highest BCUT2D eigenvalue weighted by atomic mass is 16.5. The average molecular weight is 279 g/mol. The van der Waals surface area contributed by atoms with Crippen molar-refractivity contribution in [1.29, 1.82) is 0 Å². The van der Waals surface area contributed by atoms with Crippen molar-refractivity contribution in [2.24, 2.45) is 5.92 Å². The van der Waals surface area contributed by atoms with Gasteiger partial charge in [0, 0.05) is 0 Å². The largest absolute Gasteiger partial charge is 0.374 e. The minimum atomic E-state index is 0.149. The zero-order chi connectivity index (χ0) is 14.1. The minimum Gasteiger partial charge on any atom is -0.374 e. The second kappa shape index (κ2) is 5.82. The van der Waals surface area contributed by atoms with Crippen LogP contribution < -0.4 is 5.32 Å². The average Bonchev–Trinajstić information content (AvgIpc) is 2.85. The molecule has 5 atom stereocenters. The summed E-state index contributed by atoms with van der Waals surface area (Å²) in [5, 5.41) is 7.73. The van der Waals surface area contributed by atoms with Crippen molar-refractivity contribution < 1.29 is 9.26 Å². The minimum absolute atomic E-state index is 0.149. The van der Waals surface area contributed by atoms with E-state index < -0.39 is 0 Å². The Bertz CT molecular complexity index is 440. The van der Waals surface area contributed by atoms with E-state index in [-0.39, 0.29) is 24.2 Å². The number of nitrogens with zero attached hydrogens (tertiary/aromatic N) is 2. The molecule has 2 fully saturated rings. The van der Waals surface area contributed by atoms with E-state index in [2.05, 4.69) is 36.2 Å². The van der Waals surface area contributed by atoms with Crippen molar-refractivity contribution in [2.45, 2.75) is 70.6 Å². The predicted molar refractivity (Wildman–Crippen MR) is 75.4 cm³/mol. The smallest absolute Gasteiger partial charge is 0.232 e. The van der Waals surface area contributed by atoms with E-state index in [0.29, 0.717) is 5.92 Å². The predicted octanol–water partition coefficient (Wildman–Crippen LogP) is 2.80. The summed E-state index contributed by atoms with van der Waals surface area (Å²) in [6.45, 7) is 7.46. The summed E-state index contributed by atoms with van der Waals surface area (Å²) in [5.41, 5.74) is 0. The molecular weight excluding hydrogens is 254 g/mol. The van der Waals surface area contributed by atoms with Crippen LogP contribution in [0, 0.1) is 5.92 Å². The Kier molecular flexibility index (Phi) is 4.08. The van der Waals surface area contributed by atoms with Crippen molar-refractivity contribution in [2.75, 3.05) is 6.54 Å². The Balaban J connectivity index is 1.76. The normalized spacial score (nSPS) is 38.9. The monoisotopic (exact) mass is 279 g/mol. The van der Waals surface area contributed by atoms with Crippen molar-refractivity contribution in [1.82, 2.24) is 15.5 Å². The third-order valence-electron chi connectivity index (χ3n) is 4.86. The quantitative estimate of drug-likeness (QED) is 0.902. The zero-order valence-corrected chi connectivity index (χ0v) is 12.6. The maximum atomic E-state index is 5.87. The van der Waals surface area contributed by atoms with Crippen LogP contribution in [0.25, 0.3) is 0 Å². The molecule has 1 aromatic heterocycles. The Labute approximate surface area is 120 Å². The van der Waals surface area contributed by atoms with Crippen LogP contribution in [0.3, 0.4) is 0 Å². The number of hydrogen-bond acceptors (Lipinski definition) is 5. The lowest BCUT2D eigenvalue weighted by atomic mass is 9.89. The van der Waals surface area contributed by atoms with Crippen molar-refractivity contribution in [3.8, 4) is 0 Å². The molecule has 0 bridgehead atoms. The van der Waals surface area contributed by atoms with E-state index in [9.17, 15) is 0 Å². The molecule has 2 aliphatic rings. The Morgan fingerprint density at radius 2 is 1.95 bits per heavy atom. The summed E-state index contributed by atoms with van der Waals surface area (Å²) in [6.07, 6.45) is 5.26. The molecule has 1 N–H and O–H groups in total. The number of nitrogens with one attached hydrogen (secondary N) is 1. The first-order valence-electron chi connectivity index (χ1n) is 7.89. The second-order valence-corrected chi connectivity index (χ2v) is 6.28. The van der Waals surface area contributed by atoms with Gasteiger partial charge in [-0.05, 0) is 39.2 Å². The summed E-state index contributed by atoms with van der Waals surface area (Å²) in [5.74, 6) is 2.20. The van der Waals surface area contributed by atoms with E-state index in [1.165, 1.54) is 19.3 Å². The third-order valence-corrected chi connectivity index (χ3v) is 4.86. The molecule has 5 unspecified atom stereocenters. The van der Waals surface area contributed by atoms with E-state index in [0.717, 1.165) is 24.7 Å². The van der Waals surface area contributed by atoms with Gasteiger partial charge in [0.25, 0.3) is 0 Å². The molecule has 0 spiro atoms. The van der Waals surface area contributed by atoms with Gasteiger partial charge in [-0.3, -0.25) is 0 Å². The molecule has 5 heteroatoms. The fourth-order valence-corrected chi connectivity index (χ4v) is 3.47. The maximum Gasteiger partial charge on any atom is 0.232 e. The highest BCUT2D eigenvalue weighted by Gasteiger charge is 2.41. The van der Waals surface area contributed by atoms with E-state index in [1.807, 2.05) is 0 Å². The maximum absolute atomic E-state index is 5.87. The number of rotatable bonds is 2. The molecule has 5 nitrogen and oxygen atoms in total. The van der Waals surface area contributed by atoms with E-state index in [1.54, 1.807) is 0 Å². The third kappa shape index (κ3) is 2.61. The molecule has 3 heterocycles. The van der Waals surface area contributed by atoms with Gasteiger partial charge in [0.05, 0.1) is 24.2 Å². The molecule has 0 aromatic carbocycles. The van der Waals surface area contributed by atoms with Gasteiger partial charge in [-0.2, -0.15) is 4.98 Å². The summed E-state index contributed by atoms with van der Waals surface area (Å²) in [7, 11) is 0. The molecule has 2 saturated heterocycles. The Morgan fingerprint density at radius 1 is 1.10 bits per heavy atom. The van der Waals surface area contributed by atoms with E-state index >= 15 is 0 Å². The van der Waals surface area contributed by atoms with Crippen LogP contribution in [-0.4, -0.2) is 28.9 Å². The van der Waals surface area contributed by atoms with Gasteiger partial charge in [-0.1, -0.05) is 24.9 Å². The highest BCUT2D eigenvalue weighted by molar-refractivity contribution is 5.05. The molecule has 112 valence electrons. The summed E-state index contributed by atoms with van der Waals surface area (Å²) < 4.78 is 11.4. The van der Waals surface area contributed by atoms with Crippen molar-refractivity contribution in [3.05, 3.63) is 11.7 Å². The lowest BCUT2D eigenvalue weighted by Crippen LogP contribution is -2.21. The molecule has 0 radical (unpaired) electrons. The van der Waals surface area contributed by atoms with Crippen LogP contribution in [0.15, 0.2) is 4.52 Å². The highest BCUT2D eigenvalue weighted by Crippen LogP contribution is 2.39. The van der Waals surface area contributed by atoms with Crippen LogP contribution in [-0.2, 0) is 4.74 Å². The molecule has 1 aromatic rings. The van der Waals surface area contributed by atoms with Gasteiger partial charge in [0.2, 0.25) is 5.89 Å². The number of aromatic nitrogens is 2. The fraction of sp³-hybridized carbons (Fsp3) is 0.867. The van der Waals surface area contributed by atoms with Gasteiger partial charge >= 0.3 is 0 Å². The fourth-order valence-electron chi connectivity index (χ4n) is 3.47. The van der Waals surface area contributed by atoms with Gasteiger partial charge in [-0.25, -0.2) is 0 Å². The van der Waals surface area contributed by atoms with Crippen LogP contribution in [0.5, 0.6) is 0 Å². The van der Waals surface area contributed by atoms with Gasteiger partial charge in [0.15, 0.2) is 5.82 Å². The summed E-state index contributed by atoms with van der Waals surface area (Å²) >= 11 is 0. The van der Waals surface area contributed by atoms with Gasteiger partial charge < -0.3 is 14.6 Å². The van der Waals surface area contributed by atoms with Gasteiger partial charge in [0.1, 0.15) is 0 Å². The first-order valence-corrected chi connectivity index (χ1v) is 7.89. The van der Waals surface area contributed by atoms with Crippen molar-refractivity contribution >= 4 is 0 Å². The second-order valence-electron chi connectivity index (χ2n) is 6.28. The Morgan fingerprint density at radius 3 is 2.70 bits per heavy atom. The molecule has 20 heavy (non-hydrogen) atoms. The lowest BCUT2D eigenvalue weighted by molar-refractivity contribution is 0.0542. The molecule has 3 rings (SSSR count). The SMILES string of the molecule is CC1OC(C)C(c2nc(C3CCCCCN3)no2)C1C. The first-order chi connectivity index (χ1) is 9.66. The molecule has 0 saturated carbocycles. The van der Waals surface area contributed by atoms with Crippen LogP contribution in [0.2, 0.25) is 0 Å². The van der Waals surface area contributed by atoms with Crippen LogP contribution in [0.4, 0.5) is 0 Å². The molecule has 0 amide bonds. The van der Waals surface area contributed by atoms with Crippen LogP contribution >= 0.6 is 0 Å². The Hall–Kier alpha value is -0.940. The lowest BCUT2D eigenvalue weighted by Gasteiger charge is -2.13. The van der Waals surface area contributed by atoms with E-state index in [4.69, 9.17) is 9.26 Å². The summed E-state index contributed by atoms with van der Waals surface area (Å²) in [4.78, 5) is 4.67. The van der Waals surface area contributed by atoms with Crippen LogP contribution in [0.1, 0.15) is 70.1 Å². The van der Waals surface area contributed by atoms with Gasteiger partial charge in [-0.15, -0.1) is 0 Å². The molecule has 0 aliphatic carbocycles. The molecular formula is C15H25N3O2. The first kappa shape index (κ1) is 14.0. The number of hydrogen-bond donors (Lipinski definition) is 1. The number of ether oxygens (including phenoxy) is 1. The topological polar surface area (TPSA) is 60.2 Å². The standard InChI is InChI=1S/C15H25N3O2/c1-9-10(2)19-11(3)13(9)15-17-14(18-20-15)12-7-5-4-6-8-16-12/h9-13,16H,4-8H2,1-3H3. The zero-order valence-electron chi connectivity index (χ0n) is 12.6. The van der Waals surface area contributed by atoms with Crippen molar-refractivity contribution in [3.63, 3.8) is 0 Å².